The van der Waals surface area contributed by atoms with Crippen molar-refractivity contribution in [3.05, 3.63) is 12.2 Å². The summed E-state index contributed by atoms with van der Waals surface area (Å²) in [4.78, 5) is 11.5. The zero-order chi connectivity index (χ0) is 19.5. The third kappa shape index (κ3) is 13.4. The summed E-state index contributed by atoms with van der Waals surface area (Å²) in [6, 6.07) is 0.523. The average molecular weight is 395 g/mol. The first-order chi connectivity index (χ1) is 12.6. The van der Waals surface area contributed by atoms with Gasteiger partial charge in [-0.1, -0.05) is 13.0 Å². The molecule has 8 nitrogen and oxygen atoms in total. The molecule has 0 spiro atoms. The molecule has 0 bridgehead atoms. The van der Waals surface area contributed by atoms with Crippen LogP contribution < -0.4 is 0 Å². The van der Waals surface area contributed by atoms with Crippen molar-refractivity contribution in [1.29, 1.82) is 0 Å². The van der Waals surface area contributed by atoms with Gasteiger partial charge in [-0.05, 0) is 12.8 Å². The highest BCUT2D eigenvalue weighted by Gasteiger charge is 2.41. The minimum absolute atomic E-state index is 0.274. The maximum atomic E-state index is 11.5. The van der Waals surface area contributed by atoms with Crippen LogP contribution in [0.1, 0.15) is 19.8 Å². The number of methoxy groups -OCH3 is 3. The fraction of sp³-hybridized carbons (Fsp3) is 0.824. The van der Waals surface area contributed by atoms with Gasteiger partial charge in [-0.15, -0.1) is 0 Å². The second-order valence-electron chi connectivity index (χ2n) is 5.29. The summed E-state index contributed by atoms with van der Waals surface area (Å²) in [5.74, 6) is -0.347. The van der Waals surface area contributed by atoms with E-state index in [2.05, 4.69) is 0 Å². The Morgan fingerprint density at radius 1 is 0.808 bits per heavy atom. The van der Waals surface area contributed by atoms with E-state index in [4.69, 9.17) is 32.2 Å². The van der Waals surface area contributed by atoms with Crippen molar-refractivity contribution in [3.63, 3.8) is 0 Å². The predicted molar refractivity (Wildman–Crippen MR) is 99.1 cm³/mol. The molecule has 0 radical (unpaired) electrons. The van der Waals surface area contributed by atoms with E-state index in [0.717, 1.165) is 6.42 Å². The maximum absolute atomic E-state index is 11.5. The Kier molecular flexibility index (Phi) is 17.0. The van der Waals surface area contributed by atoms with Crippen molar-refractivity contribution in [3.8, 4) is 0 Å². The summed E-state index contributed by atoms with van der Waals surface area (Å²) in [6.07, 6.45) is 4.56. The van der Waals surface area contributed by atoms with Crippen LogP contribution in [0.25, 0.3) is 0 Å². The lowest BCUT2D eigenvalue weighted by atomic mass is 10.4. The molecule has 0 N–H and O–H groups in total. The first-order valence-corrected chi connectivity index (χ1v) is 10.8. The molecule has 0 saturated carbocycles. The van der Waals surface area contributed by atoms with Gasteiger partial charge in [0.25, 0.3) is 0 Å². The van der Waals surface area contributed by atoms with E-state index >= 15 is 0 Å². The van der Waals surface area contributed by atoms with Crippen molar-refractivity contribution >= 4 is 14.8 Å². The molecule has 154 valence electrons. The Labute approximate surface area is 158 Å². The second-order valence-corrected chi connectivity index (χ2v) is 8.02. The fourth-order valence-electron chi connectivity index (χ4n) is 1.91. The largest absolute Gasteiger partial charge is 0.501 e. The number of hydrogen-bond acceptors (Lipinski definition) is 8. The highest BCUT2D eigenvalue weighted by Crippen LogP contribution is 2.18. The van der Waals surface area contributed by atoms with Crippen LogP contribution >= 0.6 is 0 Å². The summed E-state index contributed by atoms with van der Waals surface area (Å²) in [5.41, 5.74) is 0. The van der Waals surface area contributed by atoms with Gasteiger partial charge < -0.3 is 32.2 Å². The molecule has 0 aliphatic heterocycles. The lowest BCUT2D eigenvalue weighted by Gasteiger charge is -2.29. The third-order valence-corrected chi connectivity index (χ3v) is 6.09. The third-order valence-electron chi connectivity index (χ3n) is 3.19. The lowest BCUT2D eigenvalue weighted by Crippen LogP contribution is -2.48. The first-order valence-electron chi connectivity index (χ1n) is 8.86. The summed E-state index contributed by atoms with van der Waals surface area (Å²) >= 11 is 0. The summed E-state index contributed by atoms with van der Waals surface area (Å²) in [7, 11) is 1.86. The molecule has 0 atom stereocenters. The maximum Gasteiger partial charge on any atom is 0.501 e. The molecule has 0 heterocycles. The molecule has 0 aliphatic carbocycles. The van der Waals surface area contributed by atoms with E-state index in [-0.39, 0.29) is 12.6 Å². The summed E-state index contributed by atoms with van der Waals surface area (Å²) < 4.78 is 38.1. The van der Waals surface area contributed by atoms with Gasteiger partial charge in [-0.25, -0.2) is 4.79 Å². The Morgan fingerprint density at radius 3 is 1.73 bits per heavy atom. The monoisotopic (exact) mass is 394 g/mol. The van der Waals surface area contributed by atoms with Crippen LogP contribution in [0.5, 0.6) is 0 Å². The van der Waals surface area contributed by atoms with Crippen LogP contribution in [-0.2, 0) is 37.0 Å². The van der Waals surface area contributed by atoms with E-state index in [1.165, 1.54) is 6.08 Å². The van der Waals surface area contributed by atoms with E-state index in [1.807, 2.05) is 6.92 Å². The van der Waals surface area contributed by atoms with Crippen LogP contribution in [0.2, 0.25) is 6.04 Å². The van der Waals surface area contributed by atoms with Gasteiger partial charge in [0.2, 0.25) is 0 Å². The van der Waals surface area contributed by atoms with E-state index < -0.39 is 8.80 Å². The molecule has 9 heteroatoms. The highest BCUT2D eigenvalue weighted by molar-refractivity contribution is 6.60. The molecular formula is C17H34O8Si. The number of carbonyl (C=O) groups excluding carboxylic acids is 1. The Bertz CT molecular complexity index is 338. The van der Waals surface area contributed by atoms with Gasteiger partial charge in [0, 0.05) is 33.4 Å². The predicted octanol–water partition coefficient (Wildman–Crippen LogP) is 1.81. The molecule has 0 saturated heterocycles. The Hall–Kier alpha value is -0.813. The topological polar surface area (TPSA) is 81.7 Å². The Morgan fingerprint density at radius 2 is 1.31 bits per heavy atom. The number of allylic oxidation sites excluding steroid dienone is 1. The zero-order valence-electron chi connectivity index (χ0n) is 16.5. The van der Waals surface area contributed by atoms with Gasteiger partial charge in [0.15, 0.2) is 0 Å². The van der Waals surface area contributed by atoms with E-state index in [1.54, 1.807) is 27.4 Å². The van der Waals surface area contributed by atoms with Gasteiger partial charge in [0.1, 0.15) is 0 Å². The molecule has 0 amide bonds. The number of ether oxygens (including phenoxy) is 4. The zero-order valence-corrected chi connectivity index (χ0v) is 17.5. The minimum atomic E-state index is -2.95. The molecule has 0 aromatic rings. The average Bonchev–Trinajstić information content (AvgIpc) is 2.64. The standard InChI is InChI=1S/C17H34O8Si/c1-5-6-8-17(18)22-9-7-16-26(23-13-10-19-2,24-14-11-20-3)25-15-12-21-4/h6,8H,5,7,9-16H2,1-4H3. The molecule has 0 aliphatic rings. The number of hydrogen-bond donors (Lipinski definition) is 0. The van der Waals surface area contributed by atoms with Gasteiger partial charge in [-0.2, -0.15) is 0 Å². The molecule has 0 unspecified atom stereocenters. The smallest absolute Gasteiger partial charge is 0.463 e. The molecule has 0 aromatic carbocycles. The molecular weight excluding hydrogens is 360 g/mol. The van der Waals surface area contributed by atoms with Gasteiger partial charge in [-0.3, -0.25) is 0 Å². The van der Waals surface area contributed by atoms with E-state index in [0.29, 0.717) is 52.1 Å². The molecule has 0 fully saturated rings. The van der Waals surface area contributed by atoms with Crippen LogP contribution in [0.3, 0.4) is 0 Å². The van der Waals surface area contributed by atoms with Crippen LogP contribution in [0, 0.1) is 0 Å². The molecule has 0 rings (SSSR count). The summed E-state index contributed by atoms with van der Waals surface area (Å²) in [6.45, 7) is 4.63. The van der Waals surface area contributed by atoms with Crippen LogP contribution in [0.15, 0.2) is 12.2 Å². The van der Waals surface area contributed by atoms with Crippen molar-refractivity contribution in [2.24, 2.45) is 0 Å². The lowest BCUT2D eigenvalue weighted by molar-refractivity contribution is -0.137. The fourth-order valence-corrected chi connectivity index (χ4v) is 4.35. The second kappa shape index (κ2) is 17.6. The SMILES string of the molecule is CCC=CC(=O)OCCC[Si](OCCOC)(OCCOC)OCCOC. The van der Waals surface area contributed by atoms with Crippen molar-refractivity contribution < 1.29 is 37.0 Å². The number of rotatable bonds is 18. The minimum Gasteiger partial charge on any atom is -0.463 e. The van der Waals surface area contributed by atoms with Gasteiger partial charge in [0.05, 0.1) is 46.2 Å². The quantitative estimate of drug-likeness (QED) is 0.151. The molecule has 26 heavy (non-hydrogen) atoms. The van der Waals surface area contributed by atoms with Crippen molar-refractivity contribution in [1.82, 2.24) is 0 Å². The van der Waals surface area contributed by atoms with E-state index in [9.17, 15) is 4.79 Å². The van der Waals surface area contributed by atoms with Crippen molar-refractivity contribution in [2.45, 2.75) is 25.8 Å². The number of esters is 1. The van der Waals surface area contributed by atoms with Crippen LogP contribution in [-0.4, -0.2) is 82.4 Å². The number of carbonyl (C=O) groups is 1. The normalized spacial score (nSPS) is 12.0. The Balaban J connectivity index is 4.64. The van der Waals surface area contributed by atoms with Crippen molar-refractivity contribution in [2.75, 3.05) is 67.6 Å². The summed E-state index contributed by atoms with van der Waals surface area (Å²) in [5, 5.41) is 0. The van der Waals surface area contributed by atoms with Gasteiger partial charge >= 0.3 is 14.8 Å². The van der Waals surface area contributed by atoms with Crippen LogP contribution in [0.4, 0.5) is 0 Å². The molecule has 0 aromatic heterocycles. The first kappa shape index (κ1) is 25.2. The highest BCUT2D eigenvalue weighted by atomic mass is 28.4.